The molecule has 0 aromatic heterocycles. The number of benzene rings is 2. The first-order valence-corrected chi connectivity index (χ1v) is 12.1. The minimum Gasteiger partial charge on any atom is -0.379 e. The van der Waals surface area contributed by atoms with Crippen molar-refractivity contribution >= 4 is 44.8 Å². The number of sulfonamides is 1. The van der Waals surface area contributed by atoms with E-state index in [1.807, 2.05) is 4.90 Å². The third-order valence-corrected chi connectivity index (χ3v) is 7.57. The molecule has 0 aliphatic carbocycles. The van der Waals surface area contributed by atoms with Crippen molar-refractivity contribution < 1.29 is 27.1 Å². The molecule has 12 heteroatoms. The van der Waals surface area contributed by atoms with Crippen LogP contribution in [-0.4, -0.2) is 70.5 Å². The quantitative estimate of drug-likeness (QED) is 0.652. The summed E-state index contributed by atoms with van der Waals surface area (Å²) in [4.78, 5) is 26.0. The van der Waals surface area contributed by atoms with Crippen LogP contribution in [0.3, 0.4) is 0 Å². The van der Waals surface area contributed by atoms with E-state index in [1.54, 1.807) is 12.1 Å². The topological polar surface area (TPSA) is 108 Å². The lowest BCUT2D eigenvalue weighted by atomic mass is 10.2. The van der Waals surface area contributed by atoms with Gasteiger partial charge in [0, 0.05) is 31.9 Å². The van der Waals surface area contributed by atoms with Crippen LogP contribution in [0.15, 0.2) is 41.3 Å². The summed E-state index contributed by atoms with van der Waals surface area (Å²) in [6.45, 7) is 2.17. The predicted octanol–water partition coefficient (Wildman–Crippen LogP) is 1.69. The molecule has 2 N–H and O–H groups in total. The van der Waals surface area contributed by atoms with Gasteiger partial charge in [-0.05, 0) is 36.4 Å². The molecule has 2 fully saturated rings. The van der Waals surface area contributed by atoms with Crippen molar-refractivity contribution in [3.05, 3.63) is 52.8 Å². The fraction of sp³-hybridized carbons (Fsp3) is 0.333. The molecule has 9 nitrogen and oxygen atoms in total. The fourth-order valence-corrected chi connectivity index (χ4v) is 5.39. The Morgan fingerprint density at radius 1 is 1.12 bits per heavy atom. The summed E-state index contributed by atoms with van der Waals surface area (Å²) in [5.74, 6) is -1.78. The van der Waals surface area contributed by atoms with Crippen LogP contribution >= 0.6 is 11.6 Å². The molecular formula is C21H22ClFN4O5S. The molecule has 0 atom stereocenters. The van der Waals surface area contributed by atoms with Gasteiger partial charge in [-0.3, -0.25) is 9.59 Å². The number of ether oxygens (including phenoxy) is 1. The molecule has 176 valence electrons. The van der Waals surface area contributed by atoms with Crippen LogP contribution in [0.4, 0.5) is 15.8 Å². The average Bonchev–Trinajstić information content (AvgIpc) is 2.80. The van der Waals surface area contributed by atoms with Crippen LogP contribution < -0.4 is 15.5 Å². The van der Waals surface area contributed by atoms with Crippen molar-refractivity contribution in [3.8, 4) is 0 Å². The Balaban J connectivity index is 1.53. The second-order valence-electron chi connectivity index (χ2n) is 7.55. The Morgan fingerprint density at radius 2 is 1.88 bits per heavy atom. The molecule has 2 saturated heterocycles. The third kappa shape index (κ3) is 5.11. The van der Waals surface area contributed by atoms with E-state index in [0.717, 1.165) is 18.2 Å². The van der Waals surface area contributed by atoms with Crippen molar-refractivity contribution in [2.24, 2.45) is 0 Å². The van der Waals surface area contributed by atoms with Crippen molar-refractivity contribution in [1.82, 2.24) is 9.62 Å². The van der Waals surface area contributed by atoms with E-state index in [9.17, 15) is 22.4 Å². The van der Waals surface area contributed by atoms with E-state index in [2.05, 4.69) is 10.6 Å². The van der Waals surface area contributed by atoms with Crippen LogP contribution in [0.5, 0.6) is 0 Å². The molecule has 0 spiro atoms. The first-order valence-electron chi connectivity index (χ1n) is 10.3. The molecular weight excluding hydrogens is 475 g/mol. The number of morpholine rings is 1. The number of carbonyl (C=O) groups excluding carboxylic acids is 2. The van der Waals surface area contributed by atoms with Gasteiger partial charge in [-0.25, -0.2) is 12.8 Å². The van der Waals surface area contributed by atoms with Gasteiger partial charge in [0.1, 0.15) is 5.82 Å². The minimum absolute atomic E-state index is 0.114. The number of nitrogens with zero attached hydrogens (tertiary/aromatic N) is 2. The summed E-state index contributed by atoms with van der Waals surface area (Å²) in [6.07, 6.45) is 0. The Kier molecular flexibility index (Phi) is 6.84. The summed E-state index contributed by atoms with van der Waals surface area (Å²) in [5.41, 5.74) is 0.530. The van der Waals surface area contributed by atoms with Crippen molar-refractivity contribution in [2.45, 2.75) is 4.90 Å². The maximum atomic E-state index is 14.4. The molecule has 0 bridgehead atoms. The number of carbonyl (C=O) groups is 2. The molecule has 4 rings (SSSR count). The van der Waals surface area contributed by atoms with Gasteiger partial charge in [-0.2, -0.15) is 4.31 Å². The molecule has 33 heavy (non-hydrogen) atoms. The van der Waals surface area contributed by atoms with E-state index < -0.39 is 27.3 Å². The number of nitrogens with one attached hydrogen (secondary N) is 2. The Hall–Kier alpha value is -2.73. The van der Waals surface area contributed by atoms with Gasteiger partial charge in [0.05, 0.1) is 40.9 Å². The van der Waals surface area contributed by atoms with E-state index >= 15 is 0 Å². The predicted molar refractivity (Wildman–Crippen MR) is 121 cm³/mol. The van der Waals surface area contributed by atoms with Gasteiger partial charge in [0.25, 0.3) is 5.91 Å². The van der Waals surface area contributed by atoms with Crippen molar-refractivity contribution in [2.75, 3.05) is 56.2 Å². The Labute approximate surface area is 195 Å². The van der Waals surface area contributed by atoms with Crippen molar-refractivity contribution in [1.29, 1.82) is 0 Å². The number of hydrogen-bond donors (Lipinski definition) is 2. The summed E-state index contributed by atoms with van der Waals surface area (Å²) < 4.78 is 46.5. The van der Waals surface area contributed by atoms with E-state index in [1.165, 1.54) is 10.4 Å². The third-order valence-electron chi connectivity index (χ3n) is 5.37. The van der Waals surface area contributed by atoms with Crippen molar-refractivity contribution in [3.63, 3.8) is 0 Å². The number of piperazine rings is 1. The van der Waals surface area contributed by atoms with Crippen LogP contribution in [0.2, 0.25) is 5.02 Å². The number of rotatable bonds is 5. The van der Waals surface area contributed by atoms with Crippen LogP contribution in [-0.2, 0) is 19.6 Å². The first-order chi connectivity index (χ1) is 15.8. The molecule has 2 aliphatic rings. The lowest BCUT2D eigenvalue weighted by molar-refractivity contribution is -0.120. The highest BCUT2D eigenvalue weighted by Crippen LogP contribution is 2.30. The highest BCUT2D eigenvalue weighted by Gasteiger charge is 2.28. The number of hydrogen-bond acceptors (Lipinski definition) is 6. The highest BCUT2D eigenvalue weighted by atomic mass is 35.5. The van der Waals surface area contributed by atoms with Gasteiger partial charge in [-0.15, -0.1) is 0 Å². The summed E-state index contributed by atoms with van der Waals surface area (Å²) >= 11 is 6.35. The van der Waals surface area contributed by atoms with E-state index in [-0.39, 0.29) is 43.7 Å². The highest BCUT2D eigenvalue weighted by molar-refractivity contribution is 7.89. The standard InChI is InChI=1S/C21H22ClFN4O5S/c22-17-11-14(1-4-19(17)26-6-5-24-20(28)13-26)25-21(29)16-12-15(2-3-18(16)23)33(30,31)27-7-9-32-10-8-27/h1-4,11-12H,5-10,13H2,(H,24,28)(H,25,29). The molecule has 2 amide bonds. The monoisotopic (exact) mass is 496 g/mol. The largest absolute Gasteiger partial charge is 0.379 e. The van der Waals surface area contributed by atoms with Gasteiger partial charge >= 0.3 is 0 Å². The smallest absolute Gasteiger partial charge is 0.258 e. The minimum atomic E-state index is -3.89. The lowest BCUT2D eigenvalue weighted by Gasteiger charge is -2.29. The molecule has 2 heterocycles. The van der Waals surface area contributed by atoms with Crippen LogP contribution in [0.25, 0.3) is 0 Å². The van der Waals surface area contributed by atoms with Crippen LogP contribution in [0, 0.1) is 5.82 Å². The maximum Gasteiger partial charge on any atom is 0.258 e. The Bertz CT molecular complexity index is 1190. The zero-order valence-corrected chi connectivity index (χ0v) is 19.1. The summed E-state index contributed by atoms with van der Waals surface area (Å²) in [6, 6.07) is 7.85. The first kappa shape index (κ1) is 23.4. The van der Waals surface area contributed by atoms with E-state index in [4.69, 9.17) is 16.3 Å². The van der Waals surface area contributed by atoms with Gasteiger partial charge in [0.15, 0.2) is 0 Å². The fourth-order valence-electron chi connectivity index (χ4n) is 3.66. The van der Waals surface area contributed by atoms with Crippen LogP contribution in [0.1, 0.15) is 10.4 Å². The second kappa shape index (κ2) is 9.64. The lowest BCUT2D eigenvalue weighted by Crippen LogP contribution is -2.47. The molecule has 2 aromatic rings. The molecule has 0 unspecified atom stereocenters. The SMILES string of the molecule is O=C1CN(c2ccc(NC(=O)c3cc(S(=O)(=O)N4CCOCC4)ccc3F)cc2Cl)CCN1. The summed E-state index contributed by atoms with van der Waals surface area (Å²) in [7, 11) is -3.89. The molecule has 2 aromatic carbocycles. The average molecular weight is 497 g/mol. The van der Waals surface area contributed by atoms with Gasteiger partial charge in [0.2, 0.25) is 15.9 Å². The number of amides is 2. The molecule has 2 aliphatic heterocycles. The second-order valence-corrected chi connectivity index (χ2v) is 9.90. The Morgan fingerprint density at radius 3 is 2.58 bits per heavy atom. The maximum absolute atomic E-state index is 14.4. The molecule has 0 saturated carbocycles. The zero-order chi connectivity index (χ0) is 23.6. The summed E-state index contributed by atoms with van der Waals surface area (Å²) in [5, 5.41) is 5.59. The number of halogens is 2. The van der Waals surface area contributed by atoms with Gasteiger partial charge < -0.3 is 20.3 Å². The zero-order valence-electron chi connectivity index (χ0n) is 17.5. The number of anilines is 2. The van der Waals surface area contributed by atoms with E-state index in [0.29, 0.717) is 29.5 Å². The van der Waals surface area contributed by atoms with Gasteiger partial charge in [-0.1, -0.05) is 11.6 Å². The normalized spacial score (nSPS) is 17.5. The molecule has 0 radical (unpaired) electrons.